The van der Waals surface area contributed by atoms with Crippen molar-refractivity contribution in [2.24, 2.45) is 0 Å². The van der Waals surface area contributed by atoms with Crippen molar-refractivity contribution in [2.75, 3.05) is 0 Å². The fourth-order valence-electron chi connectivity index (χ4n) is 10.7. The Morgan fingerprint density at radius 1 is 0.312 bits per heavy atom. The van der Waals surface area contributed by atoms with E-state index >= 15 is 0 Å². The van der Waals surface area contributed by atoms with Crippen LogP contribution >= 0.6 is 15.9 Å². The van der Waals surface area contributed by atoms with Gasteiger partial charge in [-0.15, -0.1) is 0 Å². The summed E-state index contributed by atoms with van der Waals surface area (Å²) in [6.07, 6.45) is 0. The van der Waals surface area contributed by atoms with Crippen LogP contribution in [0.5, 0.6) is 0 Å². The monoisotopic (exact) mass is 876 g/mol. The van der Waals surface area contributed by atoms with Crippen LogP contribution in [0.2, 0.25) is 0 Å². The van der Waals surface area contributed by atoms with Gasteiger partial charge < -0.3 is 9.13 Å². The molecule has 2 aromatic heterocycles. The molecule has 0 saturated carbocycles. The van der Waals surface area contributed by atoms with Crippen molar-refractivity contribution in [3.63, 3.8) is 0 Å². The summed E-state index contributed by atoms with van der Waals surface area (Å²) in [4.78, 5) is 0. The molecule has 0 saturated heterocycles. The molecule has 4 heterocycles. The molecule has 0 amide bonds. The first-order chi connectivity index (χ1) is 31.7. The molecule has 0 atom stereocenters. The van der Waals surface area contributed by atoms with Gasteiger partial charge in [0.1, 0.15) is 0 Å². The van der Waals surface area contributed by atoms with Crippen LogP contribution in [-0.4, -0.2) is 15.8 Å². The third kappa shape index (κ3) is 5.66. The fourth-order valence-corrected chi connectivity index (χ4v) is 11.1. The van der Waals surface area contributed by atoms with Gasteiger partial charge in [0.2, 0.25) is 6.71 Å². The number of rotatable bonds is 4. The van der Waals surface area contributed by atoms with E-state index in [1.165, 1.54) is 110 Å². The summed E-state index contributed by atoms with van der Waals surface area (Å²) in [5, 5.41) is 5.22. The highest BCUT2D eigenvalue weighted by molar-refractivity contribution is 9.10. The molecule has 0 spiro atoms. The van der Waals surface area contributed by atoms with E-state index in [4.69, 9.17) is 0 Å². The zero-order valence-corrected chi connectivity index (χ0v) is 36.4. The van der Waals surface area contributed by atoms with Crippen LogP contribution in [0.1, 0.15) is 0 Å². The van der Waals surface area contributed by atoms with Crippen molar-refractivity contribution >= 4 is 82.6 Å². The van der Waals surface area contributed by atoms with Crippen LogP contribution in [0, 0.1) is 0 Å². The molecule has 64 heavy (non-hydrogen) atoms. The molecule has 0 radical (unpaired) electrons. The van der Waals surface area contributed by atoms with Gasteiger partial charge in [-0.25, -0.2) is 0 Å². The van der Waals surface area contributed by atoms with Crippen molar-refractivity contribution < 1.29 is 0 Å². The van der Waals surface area contributed by atoms with Gasteiger partial charge in [0.25, 0.3) is 0 Å². The smallest absolute Gasteiger partial charge is 0.248 e. The minimum atomic E-state index is 0.278. The van der Waals surface area contributed by atoms with Gasteiger partial charge in [0, 0.05) is 37.2 Å². The maximum atomic E-state index is 3.76. The number of hydrogen-bond donors (Lipinski definition) is 0. The van der Waals surface area contributed by atoms with Crippen molar-refractivity contribution in [2.45, 2.75) is 0 Å². The van der Waals surface area contributed by atoms with Gasteiger partial charge in [0.15, 0.2) is 0 Å². The van der Waals surface area contributed by atoms with Crippen LogP contribution < -0.4 is 16.4 Å². The van der Waals surface area contributed by atoms with Crippen molar-refractivity contribution in [1.82, 2.24) is 9.13 Å². The second-order valence-corrected chi connectivity index (χ2v) is 17.8. The standard InChI is InChI=1S/C30H18BN.C30H20BrN/c1-2-8-19(9-3-1)20-14-15-21-23-16-17-24-22-10-4-6-12-27(22)32-28-13-7-5-11-25(28)31(26(21)18-20)29(23)30(24)32;31-27-11-5-7-13-29(27)32-28-12-6-4-10-25(28)26-19-18-24(20-30(26)32)23-16-14-22(15-17-23)21-8-2-1-3-9-21/h1-18H;1-20H. The molecule has 2 aliphatic rings. The van der Waals surface area contributed by atoms with E-state index in [9.17, 15) is 0 Å². The van der Waals surface area contributed by atoms with Crippen molar-refractivity contribution in [1.29, 1.82) is 0 Å². The number of fused-ring (bicyclic) bond motifs is 12. The summed E-state index contributed by atoms with van der Waals surface area (Å²) in [6, 6.07) is 83.5. The summed E-state index contributed by atoms with van der Waals surface area (Å²) in [6.45, 7) is 0.278. The maximum Gasteiger partial charge on any atom is 0.248 e. The molecule has 4 heteroatoms. The number of para-hydroxylation sites is 4. The quantitative estimate of drug-likeness (QED) is 0.156. The van der Waals surface area contributed by atoms with E-state index in [0.29, 0.717) is 0 Å². The van der Waals surface area contributed by atoms with E-state index in [1.54, 1.807) is 0 Å². The molecular formula is C60H38BBrN2. The summed E-state index contributed by atoms with van der Waals surface area (Å²) in [5.41, 5.74) is 22.1. The summed E-state index contributed by atoms with van der Waals surface area (Å²) in [5.74, 6) is 0. The first kappa shape index (κ1) is 36.9. The molecule has 0 bridgehead atoms. The molecule has 0 unspecified atom stereocenters. The third-order valence-electron chi connectivity index (χ3n) is 13.5. The molecule has 10 aromatic carbocycles. The minimum Gasteiger partial charge on any atom is -0.310 e. The number of aromatic nitrogens is 2. The fraction of sp³-hybridized carbons (Fsp3) is 0. The topological polar surface area (TPSA) is 9.86 Å². The highest BCUT2D eigenvalue weighted by Gasteiger charge is 2.41. The average molecular weight is 878 g/mol. The van der Waals surface area contributed by atoms with Gasteiger partial charge in [0.05, 0.1) is 22.2 Å². The number of hydrogen-bond acceptors (Lipinski definition) is 0. The first-order valence-corrected chi connectivity index (χ1v) is 22.8. The largest absolute Gasteiger partial charge is 0.310 e. The van der Waals surface area contributed by atoms with E-state index in [2.05, 4.69) is 256 Å². The van der Waals surface area contributed by atoms with Gasteiger partial charge in [-0.05, 0) is 108 Å². The van der Waals surface area contributed by atoms with E-state index < -0.39 is 0 Å². The number of nitrogens with zero attached hydrogens (tertiary/aromatic N) is 2. The molecule has 2 aliphatic heterocycles. The second kappa shape index (κ2) is 14.7. The maximum absolute atomic E-state index is 3.76. The molecule has 298 valence electrons. The summed E-state index contributed by atoms with van der Waals surface area (Å²) >= 11 is 3.76. The molecular weight excluding hydrogens is 839 g/mol. The zero-order chi connectivity index (χ0) is 42.3. The SMILES string of the molecule is Brc1ccccc1-n1c2ccccc2c2ccc(-c3ccc(-c4ccccc4)cc3)cc21.c1ccc(-c2ccc3c(c2)B2c4ccccc4-n4c5ccccc5c5ccc-3c2c54)cc1. The van der Waals surface area contributed by atoms with Crippen molar-refractivity contribution in [3.8, 4) is 55.9 Å². The summed E-state index contributed by atoms with van der Waals surface area (Å²) in [7, 11) is 0. The van der Waals surface area contributed by atoms with Gasteiger partial charge >= 0.3 is 0 Å². The lowest BCUT2D eigenvalue weighted by atomic mass is 9.37. The summed E-state index contributed by atoms with van der Waals surface area (Å²) < 4.78 is 5.94. The lowest BCUT2D eigenvalue weighted by molar-refractivity contribution is 1.17. The Bertz CT molecular complexity index is 3790. The number of halogens is 1. The Labute approximate surface area is 380 Å². The van der Waals surface area contributed by atoms with Crippen LogP contribution in [0.25, 0.3) is 99.5 Å². The predicted octanol–water partition coefficient (Wildman–Crippen LogP) is 14.1. The Morgan fingerprint density at radius 3 is 1.53 bits per heavy atom. The number of benzene rings is 10. The highest BCUT2D eigenvalue weighted by atomic mass is 79.9. The zero-order valence-electron chi connectivity index (χ0n) is 34.8. The Kier molecular flexibility index (Phi) is 8.50. The van der Waals surface area contributed by atoms with E-state index in [-0.39, 0.29) is 6.71 Å². The van der Waals surface area contributed by atoms with Crippen LogP contribution in [0.3, 0.4) is 0 Å². The van der Waals surface area contributed by atoms with E-state index in [1.807, 2.05) is 0 Å². The minimum absolute atomic E-state index is 0.278. The van der Waals surface area contributed by atoms with Gasteiger partial charge in [-0.3, -0.25) is 0 Å². The third-order valence-corrected chi connectivity index (χ3v) is 14.2. The molecule has 14 rings (SSSR count). The Morgan fingerprint density at radius 2 is 0.797 bits per heavy atom. The molecule has 0 aliphatic carbocycles. The van der Waals surface area contributed by atoms with E-state index in [0.717, 1.165) is 10.2 Å². The van der Waals surface area contributed by atoms with Gasteiger partial charge in [-0.1, -0.05) is 200 Å². The lowest BCUT2D eigenvalue weighted by Gasteiger charge is -2.24. The molecule has 2 nitrogen and oxygen atoms in total. The Balaban J connectivity index is 0.000000129. The van der Waals surface area contributed by atoms with Crippen LogP contribution in [-0.2, 0) is 0 Å². The van der Waals surface area contributed by atoms with Crippen LogP contribution in [0.15, 0.2) is 235 Å². The lowest BCUT2D eigenvalue weighted by Crippen LogP contribution is -2.53. The van der Waals surface area contributed by atoms with Crippen molar-refractivity contribution in [3.05, 3.63) is 235 Å². The normalized spacial score (nSPS) is 12.1. The predicted molar refractivity (Wildman–Crippen MR) is 276 cm³/mol. The highest BCUT2D eigenvalue weighted by Crippen LogP contribution is 2.40. The van der Waals surface area contributed by atoms with Gasteiger partial charge in [-0.2, -0.15) is 0 Å². The second-order valence-electron chi connectivity index (χ2n) is 16.9. The first-order valence-electron chi connectivity index (χ1n) is 22.0. The van der Waals surface area contributed by atoms with Crippen LogP contribution in [0.4, 0.5) is 0 Å². The Hall–Kier alpha value is -7.66. The molecule has 0 N–H and O–H groups in total. The molecule has 12 aromatic rings. The molecule has 0 fully saturated rings. The average Bonchev–Trinajstić information content (AvgIpc) is 4.00.